The predicted octanol–water partition coefficient (Wildman–Crippen LogP) is 2.23. The zero-order valence-electron chi connectivity index (χ0n) is 13.3. The van der Waals surface area contributed by atoms with E-state index in [1.807, 2.05) is 27.7 Å². The molecule has 116 valence electrons. The van der Waals surface area contributed by atoms with Crippen molar-refractivity contribution < 1.29 is 9.59 Å². The quantitative estimate of drug-likeness (QED) is 0.817. The van der Waals surface area contributed by atoms with Crippen molar-refractivity contribution in [1.82, 2.24) is 9.80 Å². The van der Waals surface area contributed by atoms with Crippen LogP contribution in [-0.2, 0) is 0 Å². The van der Waals surface area contributed by atoms with Gasteiger partial charge >= 0.3 is 0 Å². The van der Waals surface area contributed by atoms with Crippen LogP contribution in [0.3, 0.4) is 0 Å². The Bertz CT molecular complexity index is 506. The molecule has 0 aliphatic rings. The molecule has 2 N–H and O–H groups in total. The predicted molar refractivity (Wildman–Crippen MR) is 85.4 cm³/mol. The SMILES string of the molecule is CCN(CC)C(=O)c1ccc(C(=O)N(CC)CC)c(N)c1. The number of rotatable bonds is 6. The molecule has 0 saturated carbocycles. The van der Waals surface area contributed by atoms with Gasteiger partial charge in [-0.3, -0.25) is 9.59 Å². The number of nitrogen functional groups attached to an aromatic ring is 1. The third kappa shape index (κ3) is 3.74. The van der Waals surface area contributed by atoms with Crippen LogP contribution < -0.4 is 5.73 Å². The smallest absolute Gasteiger partial charge is 0.255 e. The average Bonchev–Trinajstić information content (AvgIpc) is 2.49. The van der Waals surface area contributed by atoms with Gasteiger partial charge in [0.1, 0.15) is 0 Å². The van der Waals surface area contributed by atoms with Crippen LogP contribution in [0.25, 0.3) is 0 Å². The fourth-order valence-corrected chi connectivity index (χ4v) is 2.27. The molecule has 0 saturated heterocycles. The van der Waals surface area contributed by atoms with Crippen molar-refractivity contribution in [3.05, 3.63) is 29.3 Å². The molecule has 0 radical (unpaired) electrons. The first kappa shape index (κ1) is 17.0. The highest BCUT2D eigenvalue weighted by molar-refractivity contribution is 6.02. The molecule has 0 unspecified atom stereocenters. The van der Waals surface area contributed by atoms with E-state index in [0.717, 1.165) is 0 Å². The number of anilines is 1. The summed E-state index contributed by atoms with van der Waals surface area (Å²) in [5, 5.41) is 0. The fraction of sp³-hybridized carbons (Fsp3) is 0.500. The van der Waals surface area contributed by atoms with Crippen LogP contribution in [-0.4, -0.2) is 47.8 Å². The molecule has 0 heterocycles. The van der Waals surface area contributed by atoms with Gasteiger partial charge in [-0.15, -0.1) is 0 Å². The van der Waals surface area contributed by atoms with Crippen molar-refractivity contribution >= 4 is 17.5 Å². The molecule has 2 amide bonds. The summed E-state index contributed by atoms with van der Waals surface area (Å²) in [4.78, 5) is 28.0. The fourth-order valence-electron chi connectivity index (χ4n) is 2.27. The van der Waals surface area contributed by atoms with Crippen molar-refractivity contribution in [2.24, 2.45) is 0 Å². The summed E-state index contributed by atoms with van der Waals surface area (Å²) in [5.41, 5.74) is 7.30. The molecule has 1 aromatic carbocycles. The van der Waals surface area contributed by atoms with Gasteiger partial charge in [0.25, 0.3) is 11.8 Å². The number of nitrogens with zero attached hydrogens (tertiary/aromatic N) is 2. The van der Waals surface area contributed by atoms with Crippen molar-refractivity contribution in [3.8, 4) is 0 Å². The van der Waals surface area contributed by atoms with Gasteiger partial charge in [0.05, 0.1) is 5.56 Å². The van der Waals surface area contributed by atoms with Gasteiger partial charge in [-0.05, 0) is 45.9 Å². The maximum absolute atomic E-state index is 12.3. The number of carbonyl (C=O) groups is 2. The highest BCUT2D eigenvalue weighted by atomic mass is 16.2. The standard InChI is InChI=1S/C16H25N3O2/c1-5-18(6-2)15(20)12-9-10-13(14(17)11-12)16(21)19(7-3)8-4/h9-11H,5-8,17H2,1-4H3. The molecule has 21 heavy (non-hydrogen) atoms. The van der Waals surface area contributed by atoms with Crippen LogP contribution in [0.4, 0.5) is 5.69 Å². The molecule has 0 fully saturated rings. The summed E-state index contributed by atoms with van der Waals surface area (Å²) in [6.07, 6.45) is 0. The lowest BCUT2D eigenvalue weighted by Crippen LogP contribution is -2.32. The van der Waals surface area contributed by atoms with Crippen LogP contribution >= 0.6 is 0 Å². The summed E-state index contributed by atoms with van der Waals surface area (Å²) in [7, 11) is 0. The Labute approximate surface area is 126 Å². The maximum atomic E-state index is 12.3. The Balaban J connectivity index is 3.05. The normalized spacial score (nSPS) is 10.3. The monoisotopic (exact) mass is 291 g/mol. The molecule has 0 aliphatic carbocycles. The molecule has 0 atom stereocenters. The minimum absolute atomic E-state index is 0.0615. The molecule has 1 rings (SSSR count). The van der Waals surface area contributed by atoms with E-state index in [1.54, 1.807) is 28.0 Å². The molecule has 5 heteroatoms. The Kier molecular flexibility index (Phi) is 6.21. The van der Waals surface area contributed by atoms with E-state index in [0.29, 0.717) is 43.0 Å². The number of nitrogens with two attached hydrogens (primary N) is 1. The molecule has 0 spiro atoms. The lowest BCUT2D eigenvalue weighted by Gasteiger charge is -2.21. The van der Waals surface area contributed by atoms with Crippen molar-refractivity contribution in [1.29, 1.82) is 0 Å². The van der Waals surface area contributed by atoms with E-state index in [-0.39, 0.29) is 11.8 Å². The van der Waals surface area contributed by atoms with Crippen LogP contribution in [0, 0.1) is 0 Å². The van der Waals surface area contributed by atoms with Gasteiger partial charge in [-0.1, -0.05) is 0 Å². The molecular formula is C16H25N3O2. The van der Waals surface area contributed by atoms with Crippen LogP contribution in [0.2, 0.25) is 0 Å². The third-order valence-electron chi connectivity index (χ3n) is 3.63. The summed E-state index contributed by atoms with van der Waals surface area (Å²) in [5.74, 6) is -0.159. The largest absolute Gasteiger partial charge is 0.398 e. The highest BCUT2D eigenvalue weighted by Gasteiger charge is 2.18. The lowest BCUT2D eigenvalue weighted by atomic mass is 10.1. The third-order valence-corrected chi connectivity index (χ3v) is 3.63. The number of hydrogen-bond acceptors (Lipinski definition) is 3. The van der Waals surface area contributed by atoms with E-state index in [2.05, 4.69) is 0 Å². The number of benzene rings is 1. The lowest BCUT2D eigenvalue weighted by molar-refractivity contribution is 0.0761. The number of carbonyl (C=O) groups excluding carboxylic acids is 2. The molecule has 0 aromatic heterocycles. The van der Waals surface area contributed by atoms with Crippen LogP contribution in [0.1, 0.15) is 48.4 Å². The molecular weight excluding hydrogens is 266 g/mol. The minimum atomic E-state index is -0.0978. The van der Waals surface area contributed by atoms with Crippen LogP contribution in [0.5, 0.6) is 0 Å². The Morgan fingerprint density at radius 3 is 1.81 bits per heavy atom. The van der Waals surface area contributed by atoms with Gasteiger partial charge in [0, 0.05) is 37.4 Å². The van der Waals surface area contributed by atoms with E-state index in [9.17, 15) is 9.59 Å². The average molecular weight is 291 g/mol. The highest BCUT2D eigenvalue weighted by Crippen LogP contribution is 2.18. The molecule has 1 aromatic rings. The van der Waals surface area contributed by atoms with E-state index in [1.165, 1.54) is 0 Å². The molecule has 0 bridgehead atoms. The Morgan fingerprint density at radius 2 is 1.38 bits per heavy atom. The number of amides is 2. The summed E-state index contributed by atoms with van der Waals surface area (Å²) in [6, 6.07) is 4.91. The minimum Gasteiger partial charge on any atom is -0.398 e. The van der Waals surface area contributed by atoms with Gasteiger partial charge in [-0.2, -0.15) is 0 Å². The van der Waals surface area contributed by atoms with E-state index in [4.69, 9.17) is 5.73 Å². The topological polar surface area (TPSA) is 66.6 Å². The van der Waals surface area contributed by atoms with E-state index < -0.39 is 0 Å². The van der Waals surface area contributed by atoms with Crippen molar-refractivity contribution in [2.45, 2.75) is 27.7 Å². The van der Waals surface area contributed by atoms with Crippen molar-refractivity contribution in [3.63, 3.8) is 0 Å². The first-order chi connectivity index (χ1) is 9.99. The Morgan fingerprint density at radius 1 is 0.905 bits per heavy atom. The van der Waals surface area contributed by atoms with Gasteiger partial charge < -0.3 is 15.5 Å². The van der Waals surface area contributed by atoms with Crippen LogP contribution in [0.15, 0.2) is 18.2 Å². The Hall–Kier alpha value is -2.04. The van der Waals surface area contributed by atoms with Gasteiger partial charge in [0.15, 0.2) is 0 Å². The summed E-state index contributed by atoms with van der Waals surface area (Å²) >= 11 is 0. The molecule has 5 nitrogen and oxygen atoms in total. The zero-order chi connectivity index (χ0) is 16.0. The second-order valence-electron chi connectivity index (χ2n) is 4.76. The number of hydrogen-bond donors (Lipinski definition) is 1. The maximum Gasteiger partial charge on any atom is 0.255 e. The van der Waals surface area contributed by atoms with Crippen molar-refractivity contribution in [2.75, 3.05) is 31.9 Å². The van der Waals surface area contributed by atoms with E-state index >= 15 is 0 Å². The second-order valence-corrected chi connectivity index (χ2v) is 4.76. The second kappa shape index (κ2) is 7.67. The first-order valence-electron chi connectivity index (χ1n) is 7.48. The summed E-state index contributed by atoms with van der Waals surface area (Å²) < 4.78 is 0. The van der Waals surface area contributed by atoms with Gasteiger partial charge in [-0.25, -0.2) is 0 Å². The first-order valence-corrected chi connectivity index (χ1v) is 7.48. The summed E-state index contributed by atoms with van der Waals surface area (Å²) in [6.45, 7) is 10.3. The zero-order valence-corrected chi connectivity index (χ0v) is 13.3. The molecule has 0 aliphatic heterocycles. The van der Waals surface area contributed by atoms with Gasteiger partial charge in [0.2, 0.25) is 0 Å².